The zero-order valence-electron chi connectivity index (χ0n) is 16.2. The van der Waals surface area contributed by atoms with E-state index in [1.807, 2.05) is 6.92 Å². The minimum Gasteiger partial charge on any atom is -0.497 e. The van der Waals surface area contributed by atoms with E-state index in [4.69, 9.17) is 16.3 Å². The quantitative estimate of drug-likeness (QED) is 0.504. The average Bonchev–Trinajstić information content (AvgIpc) is 3.04. The van der Waals surface area contributed by atoms with E-state index in [1.54, 1.807) is 16.9 Å². The molecule has 0 radical (unpaired) electrons. The van der Waals surface area contributed by atoms with Crippen molar-refractivity contribution in [2.45, 2.75) is 29.7 Å². The molecule has 0 atom stereocenters. The first kappa shape index (κ1) is 22.3. The maximum absolute atomic E-state index is 13.0. The molecule has 158 valence electrons. The highest BCUT2D eigenvalue weighted by molar-refractivity contribution is 9.10. The first-order valence-corrected chi connectivity index (χ1v) is 11.5. The zero-order chi connectivity index (χ0) is 21.9. The number of sulfone groups is 1. The fraction of sp³-hybridized carbons (Fsp3) is 0.200. The molecule has 30 heavy (non-hydrogen) atoms. The van der Waals surface area contributed by atoms with Crippen molar-refractivity contribution in [3.05, 3.63) is 63.9 Å². The summed E-state index contributed by atoms with van der Waals surface area (Å²) in [5.41, 5.74) is 1.16. The summed E-state index contributed by atoms with van der Waals surface area (Å²) in [5, 5.41) is 7.44. The number of nitrogens with zero attached hydrogens (tertiary/aromatic N) is 2. The van der Waals surface area contributed by atoms with Gasteiger partial charge in [-0.15, -0.1) is 0 Å². The van der Waals surface area contributed by atoms with Gasteiger partial charge in [0.25, 0.3) is 0 Å². The summed E-state index contributed by atoms with van der Waals surface area (Å²) in [6, 6.07) is 10.2. The van der Waals surface area contributed by atoms with Gasteiger partial charge in [-0.1, -0.05) is 11.6 Å². The van der Waals surface area contributed by atoms with Crippen LogP contribution < -0.4 is 10.1 Å². The highest BCUT2D eigenvalue weighted by Gasteiger charge is 2.20. The largest absolute Gasteiger partial charge is 0.497 e. The molecular weight excluding hydrogens is 494 g/mol. The van der Waals surface area contributed by atoms with Crippen LogP contribution in [-0.4, -0.2) is 31.2 Å². The number of carbonyl (C=O) groups is 1. The number of amides is 1. The number of aromatic nitrogens is 2. The van der Waals surface area contributed by atoms with E-state index in [-0.39, 0.29) is 22.1 Å². The Bertz CT molecular complexity index is 1160. The van der Waals surface area contributed by atoms with Crippen LogP contribution >= 0.6 is 27.5 Å². The van der Waals surface area contributed by atoms with Crippen molar-refractivity contribution in [3.8, 4) is 5.75 Å². The van der Waals surface area contributed by atoms with Crippen molar-refractivity contribution in [2.24, 2.45) is 0 Å². The maximum Gasteiger partial charge on any atom is 0.226 e. The van der Waals surface area contributed by atoms with Crippen LogP contribution in [0.15, 0.2) is 62.9 Å². The minimum absolute atomic E-state index is 0.00565. The molecule has 0 saturated carbocycles. The summed E-state index contributed by atoms with van der Waals surface area (Å²) >= 11 is 9.23. The van der Waals surface area contributed by atoms with E-state index >= 15 is 0 Å². The molecule has 1 N–H and O–H groups in total. The van der Waals surface area contributed by atoms with Crippen LogP contribution in [0.2, 0.25) is 5.02 Å². The fourth-order valence-corrected chi connectivity index (χ4v) is 4.48. The summed E-state index contributed by atoms with van der Waals surface area (Å²) in [4.78, 5) is 12.5. The fourth-order valence-electron chi connectivity index (χ4n) is 2.71. The van der Waals surface area contributed by atoms with E-state index in [0.29, 0.717) is 23.0 Å². The van der Waals surface area contributed by atoms with E-state index in [9.17, 15) is 13.2 Å². The van der Waals surface area contributed by atoms with Crippen molar-refractivity contribution >= 4 is 49.0 Å². The van der Waals surface area contributed by atoms with Crippen LogP contribution in [0.3, 0.4) is 0 Å². The molecule has 0 unspecified atom stereocenters. The molecular formula is C20H19BrClN3O4S. The number of rotatable bonds is 7. The first-order valence-electron chi connectivity index (χ1n) is 8.88. The normalized spacial score (nSPS) is 11.3. The molecule has 3 aromatic rings. The summed E-state index contributed by atoms with van der Waals surface area (Å²) in [6.45, 7) is 2.25. The SMILES string of the molecule is COc1cc(NC(=O)CCn2cc(Br)c(C)n2)cc(S(=O)(=O)c2ccc(Cl)cc2)c1. The van der Waals surface area contributed by atoms with E-state index in [2.05, 4.69) is 26.3 Å². The second-order valence-electron chi connectivity index (χ2n) is 6.48. The molecule has 0 aliphatic carbocycles. The minimum atomic E-state index is -3.81. The number of halogens is 2. The number of ether oxygens (including phenoxy) is 1. The lowest BCUT2D eigenvalue weighted by molar-refractivity contribution is -0.116. The Kier molecular flexibility index (Phi) is 6.84. The van der Waals surface area contributed by atoms with Crippen LogP contribution in [0.25, 0.3) is 0 Å². The molecule has 2 aromatic carbocycles. The summed E-state index contributed by atoms with van der Waals surface area (Å²) < 4.78 is 33.7. The Morgan fingerprint density at radius 2 is 1.90 bits per heavy atom. The highest BCUT2D eigenvalue weighted by atomic mass is 79.9. The van der Waals surface area contributed by atoms with Gasteiger partial charge in [0.05, 0.1) is 27.1 Å². The van der Waals surface area contributed by atoms with Gasteiger partial charge in [-0.2, -0.15) is 5.10 Å². The van der Waals surface area contributed by atoms with Gasteiger partial charge in [0.15, 0.2) is 0 Å². The van der Waals surface area contributed by atoms with Crippen LogP contribution in [0.1, 0.15) is 12.1 Å². The Morgan fingerprint density at radius 3 is 2.50 bits per heavy atom. The Labute approximate surface area is 188 Å². The molecule has 0 aliphatic rings. The lowest BCUT2D eigenvalue weighted by atomic mass is 10.3. The first-order chi connectivity index (χ1) is 14.2. The third-order valence-electron chi connectivity index (χ3n) is 4.29. The van der Waals surface area contributed by atoms with Gasteiger partial charge in [0.1, 0.15) is 5.75 Å². The van der Waals surface area contributed by atoms with E-state index < -0.39 is 9.84 Å². The monoisotopic (exact) mass is 511 g/mol. The molecule has 0 spiro atoms. The standard InChI is InChI=1S/C20H19BrClN3O4S/c1-13-19(21)12-25(24-13)8-7-20(26)23-15-9-16(29-2)11-18(10-15)30(27,28)17-5-3-14(22)4-6-17/h3-6,9-12H,7-8H2,1-2H3,(H,23,26). The summed E-state index contributed by atoms with van der Waals surface area (Å²) in [6.07, 6.45) is 1.97. The molecule has 1 heterocycles. The van der Waals surface area contributed by atoms with Gasteiger partial charge < -0.3 is 10.1 Å². The third-order valence-corrected chi connectivity index (χ3v) is 7.07. The van der Waals surface area contributed by atoms with Crippen molar-refractivity contribution in [3.63, 3.8) is 0 Å². The predicted octanol–water partition coefficient (Wildman–Crippen LogP) is 4.48. The smallest absolute Gasteiger partial charge is 0.226 e. The van der Waals surface area contributed by atoms with Crippen molar-refractivity contribution in [2.75, 3.05) is 12.4 Å². The van der Waals surface area contributed by atoms with Gasteiger partial charge in [0.2, 0.25) is 15.7 Å². The van der Waals surface area contributed by atoms with Crippen molar-refractivity contribution in [1.29, 1.82) is 0 Å². The summed E-state index contributed by atoms with van der Waals surface area (Å²) in [5.74, 6) is 0.0364. The number of carbonyl (C=O) groups excluding carboxylic acids is 1. The molecule has 3 rings (SSSR count). The molecule has 1 amide bonds. The van der Waals surface area contributed by atoms with Crippen molar-refractivity contribution in [1.82, 2.24) is 9.78 Å². The molecule has 7 nitrogen and oxygen atoms in total. The number of anilines is 1. The molecule has 0 fully saturated rings. The predicted molar refractivity (Wildman–Crippen MR) is 118 cm³/mol. The van der Waals surface area contributed by atoms with E-state index in [0.717, 1.165) is 10.2 Å². The van der Waals surface area contributed by atoms with Gasteiger partial charge in [-0.25, -0.2) is 8.42 Å². The van der Waals surface area contributed by atoms with Crippen LogP contribution in [0, 0.1) is 6.92 Å². The second-order valence-corrected chi connectivity index (χ2v) is 9.72. The zero-order valence-corrected chi connectivity index (χ0v) is 19.4. The number of methoxy groups -OCH3 is 1. The number of hydrogen-bond donors (Lipinski definition) is 1. The maximum atomic E-state index is 13.0. The Balaban J connectivity index is 1.80. The molecule has 0 saturated heterocycles. The number of benzene rings is 2. The second kappa shape index (κ2) is 9.20. The lowest BCUT2D eigenvalue weighted by Crippen LogP contribution is -2.15. The Hall–Kier alpha value is -2.36. The summed E-state index contributed by atoms with van der Waals surface area (Å²) in [7, 11) is -2.39. The van der Waals surface area contributed by atoms with Gasteiger partial charge in [-0.05, 0) is 59.3 Å². The molecule has 0 bridgehead atoms. The third kappa shape index (κ3) is 5.21. The lowest BCUT2D eigenvalue weighted by Gasteiger charge is -2.11. The van der Waals surface area contributed by atoms with Crippen LogP contribution in [0.4, 0.5) is 5.69 Å². The molecule has 1 aromatic heterocycles. The van der Waals surface area contributed by atoms with Crippen LogP contribution in [0.5, 0.6) is 5.75 Å². The Morgan fingerprint density at radius 1 is 1.20 bits per heavy atom. The average molecular weight is 513 g/mol. The van der Waals surface area contributed by atoms with E-state index in [1.165, 1.54) is 43.5 Å². The molecule has 0 aliphatic heterocycles. The number of nitrogens with one attached hydrogen (secondary N) is 1. The van der Waals surface area contributed by atoms with Gasteiger partial charge >= 0.3 is 0 Å². The number of aryl methyl sites for hydroxylation is 2. The topological polar surface area (TPSA) is 90.3 Å². The molecule has 10 heteroatoms. The highest BCUT2D eigenvalue weighted by Crippen LogP contribution is 2.29. The van der Waals surface area contributed by atoms with Crippen molar-refractivity contribution < 1.29 is 17.9 Å². The van der Waals surface area contributed by atoms with Gasteiger partial charge in [0, 0.05) is 35.9 Å². The number of hydrogen-bond acceptors (Lipinski definition) is 5. The van der Waals surface area contributed by atoms with Crippen LogP contribution in [-0.2, 0) is 21.2 Å². The van der Waals surface area contributed by atoms with Gasteiger partial charge in [-0.3, -0.25) is 9.48 Å².